The van der Waals surface area contributed by atoms with Gasteiger partial charge in [-0.25, -0.2) is 4.79 Å². The fourth-order valence-electron chi connectivity index (χ4n) is 3.25. The Morgan fingerprint density at radius 1 is 1.06 bits per heavy atom. The number of benzene rings is 2. The molecule has 4 aromatic rings. The normalized spacial score (nSPS) is 10.9. The standard InChI is InChI=1S/C23H19N3O5/c1-14-11-18(12-15-7-9-17(10-8-15)23(29)30)21(28)26-22(14)31-20(25-26)19(27)24-13-16-5-3-2-4-6-16/h2-11H,12-13H2,1H3,(H,24,27)(H,29,30). The van der Waals surface area contributed by atoms with Crippen molar-refractivity contribution in [2.75, 3.05) is 0 Å². The highest BCUT2D eigenvalue weighted by Crippen LogP contribution is 2.15. The van der Waals surface area contributed by atoms with Crippen molar-refractivity contribution in [1.82, 2.24) is 14.9 Å². The summed E-state index contributed by atoms with van der Waals surface area (Å²) in [6, 6.07) is 17.4. The van der Waals surface area contributed by atoms with Crippen LogP contribution in [0.25, 0.3) is 5.71 Å². The second kappa shape index (κ2) is 8.27. The van der Waals surface area contributed by atoms with E-state index in [1.54, 1.807) is 25.1 Å². The number of hydrogen-bond acceptors (Lipinski definition) is 5. The van der Waals surface area contributed by atoms with E-state index >= 15 is 0 Å². The van der Waals surface area contributed by atoms with Crippen molar-refractivity contribution in [3.05, 3.63) is 105 Å². The number of carboxylic acid groups (broad SMARTS) is 1. The number of nitrogens with zero attached hydrogens (tertiary/aromatic N) is 2. The first-order valence-electron chi connectivity index (χ1n) is 9.59. The van der Waals surface area contributed by atoms with Gasteiger partial charge in [0.2, 0.25) is 5.71 Å². The van der Waals surface area contributed by atoms with Gasteiger partial charge in [0.1, 0.15) is 0 Å². The summed E-state index contributed by atoms with van der Waals surface area (Å²) >= 11 is 0. The van der Waals surface area contributed by atoms with Crippen LogP contribution in [0.2, 0.25) is 0 Å². The topological polar surface area (TPSA) is 114 Å². The van der Waals surface area contributed by atoms with Gasteiger partial charge in [-0.2, -0.15) is 4.52 Å². The van der Waals surface area contributed by atoms with Crippen LogP contribution in [-0.2, 0) is 13.0 Å². The first-order valence-corrected chi connectivity index (χ1v) is 9.59. The van der Waals surface area contributed by atoms with Crippen molar-refractivity contribution < 1.29 is 19.1 Å². The zero-order valence-corrected chi connectivity index (χ0v) is 16.7. The number of amides is 1. The van der Waals surface area contributed by atoms with Crippen molar-refractivity contribution >= 4 is 17.6 Å². The fraction of sp³-hybridized carbons (Fsp3) is 0.130. The Morgan fingerprint density at radius 2 is 1.77 bits per heavy atom. The van der Waals surface area contributed by atoms with Gasteiger partial charge in [0.05, 0.1) is 5.56 Å². The average Bonchev–Trinajstić information content (AvgIpc) is 3.23. The maximum absolute atomic E-state index is 12.9. The molecule has 8 heteroatoms. The van der Waals surface area contributed by atoms with Gasteiger partial charge in [0, 0.05) is 24.1 Å². The Bertz CT molecular complexity index is 1320. The van der Waals surface area contributed by atoms with Crippen LogP contribution in [0.1, 0.15) is 43.3 Å². The number of carbonyl (C=O) groups is 2. The quantitative estimate of drug-likeness (QED) is 0.499. The maximum Gasteiger partial charge on any atom is 0.335 e. The third kappa shape index (κ3) is 4.23. The summed E-state index contributed by atoms with van der Waals surface area (Å²) in [5.74, 6) is -1.72. The van der Waals surface area contributed by atoms with E-state index in [-0.39, 0.29) is 17.2 Å². The minimum absolute atomic E-state index is 0.176. The van der Waals surface area contributed by atoms with E-state index in [2.05, 4.69) is 10.4 Å². The number of pyridine rings is 1. The van der Waals surface area contributed by atoms with Crippen LogP contribution in [0, 0.1) is 6.92 Å². The van der Waals surface area contributed by atoms with Crippen molar-refractivity contribution in [3.63, 3.8) is 0 Å². The third-order valence-corrected chi connectivity index (χ3v) is 4.86. The monoisotopic (exact) mass is 417 g/mol. The van der Waals surface area contributed by atoms with Gasteiger partial charge in [-0.3, -0.25) is 9.59 Å². The van der Waals surface area contributed by atoms with Crippen LogP contribution in [0.4, 0.5) is 0 Å². The third-order valence-electron chi connectivity index (χ3n) is 4.86. The summed E-state index contributed by atoms with van der Waals surface area (Å²) in [5, 5.41) is 15.8. The predicted octanol–water partition coefficient (Wildman–Crippen LogP) is 2.81. The molecular weight excluding hydrogens is 398 g/mol. The maximum atomic E-state index is 12.9. The lowest BCUT2D eigenvalue weighted by atomic mass is 10.0. The molecule has 31 heavy (non-hydrogen) atoms. The Balaban J connectivity index is 1.58. The number of aromatic carboxylic acids is 1. The summed E-state index contributed by atoms with van der Waals surface area (Å²) in [6.07, 6.45) is 0.297. The molecule has 4 rings (SSSR count). The lowest BCUT2D eigenvalue weighted by Crippen LogP contribution is -2.24. The van der Waals surface area contributed by atoms with Crippen LogP contribution < -0.4 is 10.9 Å². The first kappa shape index (κ1) is 20.1. The molecule has 0 spiro atoms. The van der Waals surface area contributed by atoms with Crippen molar-refractivity contribution in [3.8, 4) is 0 Å². The number of hydrogen-bond donors (Lipinski definition) is 2. The van der Waals surface area contributed by atoms with Gasteiger partial charge >= 0.3 is 17.8 Å². The predicted molar refractivity (Wildman–Crippen MR) is 112 cm³/mol. The molecule has 0 unspecified atom stereocenters. The minimum atomic E-state index is -1.01. The van der Waals surface area contributed by atoms with Crippen molar-refractivity contribution in [1.29, 1.82) is 0 Å². The number of rotatable bonds is 6. The highest BCUT2D eigenvalue weighted by Gasteiger charge is 2.18. The Hall–Kier alpha value is -4.20. The highest BCUT2D eigenvalue weighted by molar-refractivity contribution is 5.89. The lowest BCUT2D eigenvalue weighted by molar-refractivity contribution is 0.0696. The number of nitrogens with one attached hydrogen (secondary N) is 1. The Kier molecular flexibility index (Phi) is 5.36. The number of carbonyl (C=O) groups excluding carboxylic acids is 1. The van der Waals surface area contributed by atoms with E-state index in [1.807, 2.05) is 30.3 Å². The molecule has 0 aliphatic heterocycles. The summed E-state index contributed by atoms with van der Waals surface area (Å²) in [6.45, 7) is 2.08. The molecule has 156 valence electrons. The molecule has 2 heterocycles. The molecule has 0 saturated heterocycles. The SMILES string of the molecule is Cc1cc(Cc2ccc(C(=O)O)cc2)c(=O)n2nc(C(=O)NCc3ccccc3)oc12. The van der Waals surface area contributed by atoms with E-state index in [0.717, 1.165) is 15.6 Å². The van der Waals surface area contributed by atoms with Crippen LogP contribution >= 0.6 is 0 Å². The van der Waals surface area contributed by atoms with E-state index in [1.165, 1.54) is 12.1 Å². The molecule has 2 aromatic carbocycles. The molecule has 1 amide bonds. The van der Waals surface area contributed by atoms with E-state index in [9.17, 15) is 14.4 Å². The first-order chi connectivity index (χ1) is 14.9. The number of fused-ring (bicyclic) bond motifs is 1. The van der Waals surface area contributed by atoms with Crippen LogP contribution in [0.3, 0.4) is 0 Å². The fourth-order valence-corrected chi connectivity index (χ4v) is 3.25. The average molecular weight is 417 g/mol. The molecular formula is C23H19N3O5. The van der Waals surface area contributed by atoms with Gasteiger partial charge in [0.15, 0.2) is 0 Å². The smallest absolute Gasteiger partial charge is 0.335 e. The minimum Gasteiger partial charge on any atom is -0.478 e. The van der Waals surface area contributed by atoms with E-state index < -0.39 is 17.4 Å². The molecule has 0 aliphatic rings. The largest absolute Gasteiger partial charge is 0.478 e. The van der Waals surface area contributed by atoms with Gasteiger partial charge in [-0.15, -0.1) is 5.10 Å². The highest BCUT2D eigenvalue weighted by atomic mass is 16.4. The molecule has 0 fully saturated rings. The summed E-state index contributed by atoms with van der Waals surface area (Å²) in [4.78, 5) is 36.3. The molecule has 0 saturated carbocycles. The molecule has 2 N–H and O–H groups in total. The second-order valence-corrected chi connectivity index (χ2v) is 7.13. The lowest BCUT2D eigenvalue weighted by Gasteiger charge is -2.04. The molecule has 0 aliphatic carbocycles. The van der Waals surface area contributed by atoms with Crippen molar-refractivity contribution in [2.45, 2.75) is 19.9 Å². The summed E-state index contributed by atoms with van der Waals surface area (Å²) in [7, 11) is 0. The number of aromatic nitrogens is 2. The number of carboxylic acids is 1. The molecule has 0 radical (unpaired) electrons. The summed E-state index contributed by atoms with van der Waals surface area (Å²) in [5.41, 5.74) is 2.82. The van der Waals surface area contributed by atoms with Gasteiger partial charge in [-0.05, 0) is 36.2 Å². The van der Waals surface area contributed by atoms with Gasteiger partial charge in [0.25, 0.3) is 5.56 Å². The van der Waals surface area contributed by atoms with Crippen molar-refractivity contribution in [2.24, 2.45) is 0 Å². The van der Waals surface area contributed by atoms with Crippen LogP contribution in [0.5, 0.6) is 0 Å². The number of aryl methyl sites for hydroxylation is 1. The van der Waals surface area contributed by atoms with Gasteiger partial charge in [-0.1, -0.05) is 42.5 Å². The zero-order valence-electron chi connectivity index (χ0n) is 16.7. The molecule has 0 bridgehead atoms. The van der Waals surface area contributed by atoms with Crippen LogP contribution in [-0.4, -0.2) is 26.6 Å². The Morgan fingerprint density at radius 3 is 2.45 bits per heavy atom. The summed E-state index contributed by atoms with van der Waals surface area (Å²) < 4.78 is 6.64. The molecule has 0 atom stereocenters. The van der Waals surface area contributed by atoms with E-state index in [0.29, 0.717) is 24.1 Å². The van der Waals surface area contributed by atoms with Gasteiger partial charge < -0.3 is 14.8 Å². The zero-order chi connectivity index (χ0) is 22.0. The second-order valence-electron chi connectivity index (χ2n) is 7.13. The van der Waals surface area contributed by atoms with Crippen LogP contribution in [0.15, 0.2) is 69.9 Å². The van der Waals surface area contributed by atoms with E-state index in [4.69, 9.17) is 9.52 Å². The Labute approximate surface area is 176 Å². The molecule has 2 aromatic heterocycles. The molecule has 8 nitrogen and oxygen atoms in total.